The Morgan fingerprint density at radius 2 is 1.86 bits per heavy atom. The molecule has 0 N–H and O–H groups in total. The first-order valence-electron chi connectivity index (χ1n) is 10.1. The quantitative estimate of drug-likeness (QED) is 0.663. The molecule has 1 amide bonds. The normalized spacial score (nSPS) is 20.5. The maximum absolute atomic E-state index is 13.4. The van der Waals surface area contributed by atoms with E-state index in [9.17, 15) is 9.59 Å². The zero-order chi connectivity index (χ0) is 20.0. The molecule has 148 valence electrons. The minimum Gasteiger partial charge on any atom is -0.341 e. The molecular formula is C24H24N2O2S. The smallest absolute Gasteiger partial charge is 0.258 e. The first-order chi connectivity index (χ1) is 14.1. The summed E-state index contributed by atoms with van der Waals surface area (Å²) in [6.07, 6.45) is 3.03. The number of aromatic nitrogens is 1. The predicted octanol–water partition coefficient (Wildman–Crippen LogP) is 3.98. The van der Waals surface area contributed by atoms with E-state index in [1.165, 1.54) is 5.39 Å². The van der Waals surface area contributed by atoms with Gasteiger partial charge in [-0.1, -0.05) is 36.4 Å². The lowest BCUT2D eigenvalue weighted by Crippen LogP contribution is -2.49. The number of amides is 1. The van der Waals surface area contributed by atoms with Crippen molar-refractivity contribution in [3.8, 4) is 11.1 Å². The van der Waals surface area contributed by atoms with Gasteiger partial charge in [-0.3, -0.25) is 9.59 Å². The second kappa shape index (κ2) is 7.38. The van der Waals surface area contributed by atoms with Crippen LogP contribution in [0.15, 0.2) is 59.4 Å². The van der Waals surface area contributed by atoms with Crippen LogP contribution in [0.3, 0.4) is 0 Å². The van der Waals surface area contributed by atoms with E-state index in [2.05, 4.69) is 30.3 Å². The van der Waals surface area contributed by atoms with Crippen LogP contribution in [0.4, 0.5) is 0 Å². The van der Waals surface area contributed by atoms with Gasteiger partial charge < -0.3 is 9.47 Å². The summed E-state index contributed by atoms with van der Waals surface area (Å²) in [6, 6.07) is 18.5. The Morgan fingerprint density at radius 3 is 2.69 bits per heavy atom. The fourth-order valence-electron chi connectivity index (χ4n) is 4.94. The van der Waals surface area contributed by atoms with Gasteiger partial charge in [-0.2, -0.15) is 11.8 Å². The lowest BCUT2D eigenvalue weighted by molar-refractivity contribution is -0.131. The molecule has 2 aliphatic rings. The van der Waals surface area contributed by atoms with E-state index in [1.807, 2.05) is 40.0 Å². The van der Waals surface area contributed by atoms with Gasteiger partial charge in [-0.15, -0.1) is 0 Å². The Kier molecular flexibility index (Phi) is 4.70. The van der Waals surface area contributed by atoms with Crippen LogP contribution in [-0.2, 0) is 11.3 Å². The number of carbonyl (C=O) groups excluding carboxylic acids is 1. The number of benzene rings is 2. The van der Waals surface area contributed by atoms with Crippen LogP contribution < -0.4 is 5.56 Å². The zero-order valence-corrected chi connectivity index (χ0v) is 17.3. The molecule has 1 fully saturated rings. The van der Waals surface area contributed by atoms with Crippen molar-refractivity contribution in [2.45, 2.75) is 18.9 Å². The summed E-state index contributed by atoms with van der Waals surface area (Å²) in [7, 11) is 0. The topological polar surface area (TPSA) is 42.3 Å². The summed E-state index contributed by atoms with van der Waals surface area (Å²) < 4.78 is 1.97. The lowest BCUT2D eigenvalue weighted by atomic mass is 9.82. The summed E-state index contributed by atoms with van der Waals surface area (Å²) >= 11 is 1.57. The number of nitrogens with zero attached hydrogens (tertiary/aromatic N) is 2. The van der Waals surface area contributed by atoms with Crippen molar-refractivity contribution < 1.29 is 4.79 Å². The molecule has 3 aromatic rings. The second-order valence-corrected chi connectivity index (χ2v) is 9.05. The van der Waals surface area contributed by atoms with E-state index >= 15 is 0 Å². The number of piperidine rings is 1. The van der Waals surface area contributed by atoms with E-state index in [0.29, 0.717) is 18.2 Å². The van der Waals surface area contributed by atoms with Crippen LogP contribution in [0.1, 0.15) is 18.0 Å². The molecule has 1 saturated heterocycles. The number of thioether (sulfide) groups is 1. The minimum absolute atomic E-state index is 0.0939. The molecule has 3 heterocycles. The third-order valence-electron chi connectivity index (χ3n) is 6.29. The average molecular weight is 405 g/mol. The molecule has 29 heavy (non-hydrogen) atoms. The average Bonchev–Trinajstić information content (AvgIpc) is 2.74. The molecule has 1 aromatic heterocycles. The molecule has 2 aromatic carbocycles. The van der Waals surface area contributed by atoms with Crippen LogP contribution in [0.25, 0.3) is 21.9 Å². The summed E-state index contributed by atoms with van der Waals surface area (Å²) in [5.74, 6) is 1.37. The maximum Gasteiger partial charge on any atom is 0.258 e. The highest BCUT2D eigenvalue weighted by atomic mass is 32.2. The maximum atomic E-state index is 13.4. The van der Waals surface area contributed by atoms with Crippen molar-refractivity contribution in [2.24, 2.45) is 5.92 Å². The Morgan fingerprint density at radius 1 is 1.03 bits per heavy atom. The number of fused-ring (bicyclic) bond motifs is 5. The van der Waals surface area contributed by atoms with Crippen LogP contribution in [-0.4, -0.2) is 40.5 Å². The first kappa shape index (κ1) is 18.5. The summed E-state index contributed by atoms with van der Waals surface area (Å²) in [5.41, 5.74) is 2.90. The van der Waals surface area contributed by atoms with E-state index in [1.54, 1.807) is 11.8 Å². The predicted molar refractivity (Wildman–Crippen MR) is 119 cm³/mol. The Labute approximate surface area is 174 Å². The largest absolute Gasteiger partial charge is 0.341 e. The number of pyridine rings is 1. The van der Waals surface area contributed by atoms with Gasteiger partial charge in [0.15, 0.2) is 0 Å². The van der Waals surface area contributed by atoms with Gasteiger partial charge in [0.1, 0.15) is 0 Å². The van der Waals surface area contributed by atoms with Crippen LogP contribution in [0.2, 0.25) is 0 Å². The third-order valence-corrected chi connectivity index (χ3v) is 6.82. The Bertz CT molecular complexity index is 1150. The number of hydrogen-bond acceptors (Lipinski definition) is 3. The Hall–Kier alpha value is -2.53. The molecule has 2 bridgehead atoms. The van der Waals surface area contributed by atoms with Gasteiger partial charge in [0.05, 0.1) is 5.75 Å². The van der Waals surface area contributed by atoms with Crippen molar-refractivity contribution in [2.75, 3.05) is 25.1 Å². The third kappa shape index (κ3) is 3.27. The molecule has 5 heteroatoms. The van der Waals surface area contributed by atoms with Crippen LogP contribution >= 0.6 is 11.8 Å². The molecule has 0 spiro atoms. The SMILES string of the molecule is CSCC(=O)N1C[C@H]2C[C@H](C1)c1ccc(-c3ccc4ccccc4c3)c(=O)n1C2. The molecule has 0 saturated carbocycles. The second-order valence-electron chi connectivity index (χ2n) is 8.18. The van der Waals surface area contributed by atoms with Gasteiger partial charge in [-0.05, 0) is 53.1 Å². The number of likely N-dealkylation sites (tertiary alicyclic amines) is 1. The first-order valence-corrected chi connectivity index (χ1v) is 11.5. The van der Waals surface area contributed by atoms with Crippen LogP contribution in [0.5, 0.6) is 0 Å². The highest BCUT2D eigenvalue weighted by Gasteiger charge is 2.36. The van der Waals surface area contributed by atoms with Crippen molar-refractivity contribution in [3.05, 3.63) is 70.6 Å². The highest BCUT2D eigenvalue weighted by Crippen LogP contribution is 2.36. The number of carbonyl (C=O) groups is 1. The fraction of sp³-hybridized carbons (Fsp3) is 0.333. The monoisotopic (exact) mass is 404 g/mol. The number of rotatable bonds is 3. The van der Waals surface area contributed by atoms with Gasteiger partial charge in [0.2, 0.25) is 5.91 Å². The van der Waals surface area contributed by atoms with E-state index < -0.39 is 0 Å². The molecule has 4 nitrogen and oxygen atoms in total. The van der Waals surface area contributed by atoms with Crippen molar-refractivity contribution >= 4 is 28.4 Å². The highest BCUT2D eigenvalue weighted by molar-refractivity contribution is 7.99. The van der Waals surface area contributed by atoms with E-state index in [4.69, 9.17) is 0 Å². The van der Waals surface area contributed by atoms with Crippen molar-refractivity contribution in [3.63, 3.8) is 0 Å². The molecule has 2 aliphatic heterocycles. The Balaban J connectivity index is 1.51. The standard InChI is InChI=1S/C24H24N2O2S/c1-29-15-23(27)25-12-16-10-20(14-25)22-9-8-21(24(28)26(22)13-16)19-7-6-17-4-2-3-5-18(17)11-19/h2-9,11,16,20H,10,12-15H2,1H3/t16-,20-/m1/s1. The number of hydrogen-bond donors (Lipinski definition) is 0. The van der Waals surface area contributed by atoms with Gasteiger partial charge in [0.25, 0.3) is 5.56 Å². The zero-order valence-electron chi connectivity index (χ0n) is 16.5. The van der Waals surface area contributed by atoms with E-state index in [-0.39, 0.29) is 17.4 Å². The molecule has 0 unspecified atom stereocenters. The summed E-state index contributed by atoms with van der Waals surface area (Å²) in [6.45, 7) is 2.20. The summed E-state index contributed by atoms with van der Waals surface area (Å²) in [4.78, 5) is 27.8. The minimum atomic E-state index is 0.0939. The van der Waals surface area contributed by atoms with Crippen molar-refractivity contribution in [1.82, 2.24) is 9.47 Å². The summed E-state index contributed by atoms with van der Waals surface area (Å²) in [5, 5.41) is 2.32. The van der Waals surface area contributed by atoms with Crippen molar-refractivity contribution in [1.29, 1.82) is 0 Å². The van der Waals surface area contributed by atoms with Gasteiger partial charge in [0, 0.05) is 36.8 Å². The molecule has 5 rings (SSSR count). The molecule has 2 atom stereocenters. The molecular weight excluding hydrogens is 380 g/mol. The van der Waals surface area contributed by atoms with E-state index in [0.717, 1.165) is 41.7 Å². The van der Waals surface area contributed by atoms with Gasteiger partial charge >= 0.3 is 0 Å². The molecule has 0 radical (unpaired) electrons. The lowest BCUT2D eigenvalue weighted by Gasteiger charge is -2.43. The van der Waals surface area contributed by atoms with Crippen LogP contribution in [0, 0.1) is 5.92 Å². The molecule has 0 aliphatic carbocycles. The fourth-order valence-corrected chi connectivity index (χ4v) is 5.37. The van der Waals surface area contributed by atoms with Gasteiger partial charge in [-0.25, -0.2) is 0 Å².